The average molecular weight is 275 g/mol. The standard InChI is InChI=1S/C16H18FNO2/c1-18(10-12-3-6-15(20-2)7-4-12)16-8-5-14(17)9-13(16)11-19/h3-9,19H,10-11H2,1-2H3. The van der Waals surface area contributed by atoms with Gasteiger partial charge in [-0.1, -0.05) is 12.1 Å². The van der Waals surface area contributed by atoms with Crippen LogP contribution in [-0.2, 0) is 13.2 Å². The van der Waals surface area contributed by atoms with Crippen LogP contribution in [0.2, 0.25) is 0 Å². The molecule has 0 saturated carbocycles. The van der Waals surface area contributed by atoms with E-state index in [1.165, 1.54) is 12.1 Å². The lowest BCUT2D eigenvalue weighted by atomic mass is 10.1. The van der Waals surface area contributed by atoms with Crippen molar-refractivity contribution in [2.45, 2.75) is 13.2 Å². The van der Waals surface area contributed by atoms with Gasteiger partial charge in [-0.2, -0.15) is 0 Å². The number of hydrogen-bond acceptors (Lipinski definition) is 3. The number of ether oxygens (including phenoxy) is 1. The summed E-state index contributed by atoms with van der Waals surface area (Å²) in [5.74, 6) is 0.477. The molecule has 4 heteroatoms. The van der Waals surface area contributed by atoms with Gasteiger partial charge in [-0.15, -0.1) is 0 Å². The summed E-state index contributed by atoms with van der Waals surface area (Å²) in [6.45, 7) is 0.489. The molecule has 0 aliphatic heterocycles. The third kappa shape index (κ3) is 3.27. The molecule has 1 N–H and O–H groups in total. The maximum absolute atomic E-state index is 13.2. The molecule has 0 heterocycles. The minimum atomic E-state index is -0.337. The second-order valence-electron chi connectivity index (χ2n) is 4.64. The molecule has 2 rings (SSSR count). The van der Waals surface area contributed by atoms with E-state index in [0.717, 1.165) is 17.0 Å². The lowest BCUT2D eigenvalue weighted by Crippen LogP contribution is -2.18. The van der Waals surface area contributed by atoms with Crippen LogP contribution in [-0.4, -0.2) is 19.3 Å². The molecular weight excluding hydrogens is 257 g/mol. The summed E-state index contributed by atoms with van der Waals surface area (Å²) in [5.41, 5.74) is 2.52. The third-order valence-corrected chi connectivity index (χ3v) is 3.20. The zero-order valence-electron chi connectivity index (χ0n) is 11.6. The lowest BCUT2D eigenvalue weighted by molar-refractivity contribution is 0.281. The van der Waals surface area contributed by atoms with Crippen molar-refractivity contribution in [2.24, 2.45) is 0 Å². The normalized spacial score (nSPS) is 10.4. The summed E-state index contributed by atoms with van der Waals surface area (Å²) in [5, 5.41) is 9.32. The van der Waals surface area contributed by atoms with Crippen molar-refractivity contribution in [3.8, 4) is 5.75 Å². The van der Waals surface area contributed by atoms with E-state index < -0.39 is 0 Å². The van der Waals surface area contributed by atoms with Gasteiger partial charge in [-0.25, -0.2) is 4.39 Å². The molecule has 0 fully saturated rings. The molecular formula is C16H18FNO2. The summed E-state index contributed by atoms with van der Waals surface area (Å²) in [6.07, 6.45) is 0. The van der Waals surface area contributed by atoms with Gasteiger partial charge in [0.05, 0.1) is 13.7 Å². The lowest BCUT2D eigenvalue weighted by Gasteiger charge is -2.22. The van der Waals surface area contributed by atoms with Gasteiger partial charge in [0.15, 0.2) is 0 Å². The molecule has 0 aliphatic carbocycles. The van der Waals surface area contributed by atoms with Gasteiger partial charge in [0, 0.05) is 24.8 Å². The van der Waals surface area contributed by atoms with Crippen LogP contribution >= 0.6 is 0 Å². The van der Waals surface area contributed by atoms with Crippen LogP contribution < -0.4 is 9.64 Å². The van der Waals surface area contributed by atoms with E-state index in [1.54, 1.807) is 13.2 Å². The van der Waals surface area contributed by atoms with E-state index in [9.17, 15) is 9.50 Å². The minimum Gasteiger partial charge on any atom is -0.497 e. The van der Waals surface area contributed by atoms with E-state index in [4.69, 9.17) is 4.74 Å². The molecule has 0 aromatic heterocycles. The van der Waals surface area contributed by atoms with Crippen molar-refractivity contribution in [3.63, 3.8) is 0 Å². The Hall–Kier alpha value is -2.07. The molecule has 20 heavy (non-hydrogen) atoms. The van der Waals surface area contributed by atoms with Gasteiger partial charge >= 0.3 is 0 Å². The summed E-state index contributed by atoms with van der Waals surface area (Å²) in [7, 11) is 3.55. The van der Waals surface area contributed by atoms with E-state index in [-0.39, 0.29) is 12.4 Å². The fraction of sp³-hybridized carbons (Fsp3) is 0.250. The van der Waals surface area contributed by atoms with Crippen molar-refractivity contribution < 1.29 is 14.2 Å². The van der Waals surface area contributed by atoms with Crippen LogP contribution in [0.5, 0.6) is 5.75 Å². The van der Waals surface area contributed by atoms with Crippen molar-refractivity contribution in [3.05, 3.63) is 59.4 Å². The number of rotatable bonds is 5. The molecule has 3 nitrogen and oxygen atoms in total. The number of methoxy groups -OCH3 is 1. The van der Waals surface area contributed by atoms with Crippen LogP contribution in [0.1, 0.15) is 11.1 Å². The van der Waals surface area contributed by atoms with Gasteiger partial charge in [0.2, 0.25) is 0 Å². The van der Waals surface area contributed by atoms with Crippen molar-refractivity contribution in [2.75, 3.05) is 19.1 Å². The topological polar surface area (TPSA) is 32.7 Å². The molecule has 0 aliphatic rings. The average Bonchev–Trinajstić information content (AvgIpc) is 2.47. The Balaban J connectivity index is 2.16. The SMILES string of the molecule is COc1ccc(CN(C)c2ccc(F)cc2CO)cc1. The number of anilines is 1. The van der Waals surface area contributed by atoms with Gasteiger partial charge in [-0.3, -0.25) is 0 Å². The first-order chi connectivity index (χ1) is 9.63. The predicted octanol–water partition coefficient (Wildman–Crippen LogP) is 2.96. The quantitative estimate of drug-likeness (QED) is 0.910. The van der Waals surface area contributed by atoms with Crippen molar-refractivity contribution in [1.29, 1.82) is 0 Å². The molecule has 2 aromatic rings. The Kier molecular flexibility index (Phi) is 4.58. The largest absolute Gasteiger partial charge is 0.497 e. The smallest absolute Gasteiger partial charge is 0.123 e. The highest BCUT2D eigenvalue weighted by atomic mass is 19.1. The molecule has 2 aromatic carbocycles. The van der Waals surface area contributed by atoms with Crippen LogP contribution in [0.25, 0.3) is 0 Å². The number of halogens is 1. The Morgan fingerprint density at radius 2 is 1.85 bits per heavy atom. The van der Waals surface area contributed by atoms with Crippen LogP contribution in [0, 0.1) is 5.82 Å². The summed E-state index contributed by atoms with van der Waals surface area (Å²) in [4.78, 5) is 1.98. The second-order valence-corrected chi connectivity index (χ2v) is 4.64. The zero-order valence-corrected chi connectivity index (χ0v) is 11.6. The van der Waals surface area contributed by atoms with Crippen LogP contribution in [0.3, 0.4) is 0 Å². The maximum atomic E-state index is 13.2. The first-order valence-electron chi connectivity index (χ1n) is 6.37. The molecule has 0 spiro atoms. The molecule has 0 unspecified atom stereocenters. The number of nitrogens with zero attached hydrogens (tertiary/aromatic N) is 1. The summed E-state index contributed by atoms with van der Waals surface area (Å²) < 4.78 is 18.3. The first kappa shape index (κ1) is 14.3. The molecule has 0 amide bonds. The van der Waals surface area contributed by atoms with Crippen LogP contribution in [0.4, 0.5) is 10.1 Å². The Bertz CT molecular complexity index is 569. The van der Waals surface area contributed by atoms with Crippen LogP contribution in [0.15, 0.2) is 42.5 Å². The highest BCUT2D eigenvalue weighted by molar-refractivity contribution is 5.53. The molecule has 0 bridgehead atoms. The predicted molar refractivity (Wildman–Crippen MR) is 77.4 cm³/mol. The monoisotopic (exact) mass is 275 g/mol. The summed E-state index contributed by atoms with van der Waals surface area (Å²) >= 11 is 0. The maximum Gasteiger partial charge on any atom is 0.123 e. The van der Waals surface area contributed by atoms with Gasteiger partial charge in [0.1, 0.15) is 11.6 Å². The molecule has 0 saturated heterocycles. The van der Waals surface area contributed by atoms with Crippen molar-refractivity contribution >= 4 is 5.69 Å². The third-order valence-electron chi connectivity index (χ3n) is 3.20. The van der Waals surface area contributed by atoms with E-state index >= 15 is 0 Å². The highest BCUT2D eigenvalue weighted by Crippen LogP contribution is 2.23. The number of aliphatic hydroxyl groups excluding tert-OH is 1. The van der Waals surface area contributed by atoms with Gasteiger partial charge in [0.25, 0.3) is 0 Å². The molecule has 0 radical (unpaired) electrons. The number of aliphatic hydroxyl groups is 1. The van der Waals surface area contributed by atoms with Gasteiger partial charge in [-0.05, 0) is 35.9 Å². The molecule has 106 valence electrons. The highest BCUT2D eigenvalue weighted by Gasteiger charge is 2.09. The van der Waals surface area contributed by atoms with E-state index in [1.807, 2.05) is 36.2 Å². The fourth-order valence-electron chi connectivity index (χ4n) is 2.14. The Morgan fingerprint density at radius 3 is 2.45 bits per heavy atom. The van der Waals surface area contributed by atoms with Gasteiger partial charge < -0.3 is 14.7 Å². The van der Waals surface area contributed by atoms with Crippen molar-refractivity contribution in [1.82, 2.24) is 0 Å². The molecule has 0 atom stereocenters. The number of benzene rings is 2. The first-order valence-corrected chi connectivity index (χ1v) is 6.37. The second kappa shape index (κ2) is 6.39. The zero-order chi connectivity index (χ0) is 14.5. The van der Waals surface area contributed by atoms with E-state index in [0.29, 0.717) is 12.1 Å². The summed E-state index contributed by atoms with van der Waals surface area (Å²) in [6, 6.07) is 12.2. The number of hydrogen-bond donors (Lipinski definition) is 1. The van der Waals surface area contributed by atoms with E-state index in [2.05, 4.69) is 0 Å². The fourth-order valence-corrected chi connectivity index (χ4v) is 2.14. The minimum absolute atomic E-state index is 0.181. The Labute approximate surface area is 118 Å². The Morgan fingerprint density at radius 1 is 1.15 bits per heavy atom.